The van der Waals surface area contributed by atoms with Crippen molar-refractivity contribution in [2.45, 2.75) is 20.5 Å². The van der Waals surface area contributed by atoms with Crippen LogP contribution < -0.4 is 0 Å². The van der Waals surface area contributed by atoms with E-state index < -0.39 is 24.4 Å². The summed E-state index contributed by atoms with van der Waals surface area (Å²) in [6.07, 6.45) is 0. The molecule has 0 aliphatic carbocycles. The molecule has 0 spiro atoms. The van der Waals surface area contributed by atoms with Crippen LogP contribution >= 0.6 is 0 Å². The third kappa shape index (κ3) is 4.23. The van der Waals surface area contributed by atoms with Gasteiger partial charge < -0.3 is 9.84 Å². The van der Waals surface area contributed by atoms with E-state index in [-0.39, 0.29) is 6.61 Å². The summed E-state index contributed by atoms with van der Waals surface area (Å²) in [5, 5.41) is 8.47. The lowest BCUT2D eigenvalue weighted by atomic mass is 9.97. The first kappa shape index (κ1) is 11.3. The smallest absolute Gasteiger partial charge is 0.345 e. The largest absolute Gasteiger partial charge is 0.481 e. The van der Waals surface area contributed by atoms with E-state index in [2.05, 4.69) is 4.74 Å². The van der Waals surface area contributed by atoms with Crippen molar-refractivity contribution >= 4 is 5.97 Å². The van der Waals surface area contributed by atoms with Crippen molar-refractivity contribution in [1.29, 1.82) is 0 Å². The Hall–Kier alpha value is -0.710. The van der Waals surface area contributed by atoms with Crippen molar-refractivity contribution in [1.82, 2.24) is 0 Å². The summed E-state index contributed by atoms with van der Waals surface area (Å²) in [5.41, 5.74) is 0. The Bertz CT molecular complexity index is 150. The second kappa shape index (κ2) is 5.03. The van der Waals surface area contributed by atoms with Gasteiger partial charge in [-0.1, -0.05) is 13.8 Å². The fraction of sp³-hybridized carbons (Fsp3) is 0.857. The minimum atomic E-state index is -2.83. The minimum absolute atomic E-state index is 0.231. The van der Waals surface area contributed by atoms with Gasteiger partial charge in [-0.15, -0.1) is 0 Å². The molecule has 1 N–H and O–H groups in total. The predicted molar refractivity (Wildman–Crippen MR) is 37.9 cm³/mol. The molecule has 12 heavy (non-hydrogen) atoms. The number of carboxylic acids is 1. The molecule has 0 amide bonds. The number of hydrogen-bond acceptors (Lipinski definition) is 2. The maximum absolute atomic E-state index is 11.5. The van der Waals surface area contributed by atoms with Crippen LogP contribution in [0, 0.1) is 11.8 Å². The van der Waals surface area contributed by atoms with Gasteiger partial charge in [-0.05, 0) is 5.92 Å². The van der Waals surface area contributed by atoms with E-state index in [9.17, 15) is 13.6 Å². The molecule has 0 fully saturated rings. The second-order valence-corrected chi connectivity index (χ2v) is 2.70. The number of aliphatic carboxylic acids is 1. The second-order valence-electron chi connectivity index (χ2n) is 2.70. The Morgan fingerprint density at radius 2 is 2.00 bits per heavy atom. The van der Waals surface area contributed by atoms with Crippen molar-refractivity contribution in [3.63, 3.8) is 0 Å². The number of alkyl halides is 2. The molecule has 0 aromatic heterocycles. The van der Waals surface area contributed by atoms with E-state index in [1.807, 2.05) is 0 Å². The molecule has 0 saturated carbocycles. The summed E-state index contributed by atoms with van der Waals surface area (Å²) in [7, 11) is 0. The lowest BCUT2D eigenvalue weighted by molar-refractivity contribution is -0.154. The Labute approximate surface area is 69.3 Å². The summed E-state index contributed by atoms with van der Waals surface area (Å²) in [5.74, 6) is -2.07. The average molecular weight is 182 g/mol. The number of carboxylic acid groups (broad SMARTS) is 1. The van der Waals surface area contributed by atoms with Gasteiger partial charge in [-0.2, -0.15) is 8.78 Å². The predicted octanol–water partition coefficient (Wildman–Crippen LogP) is 1.58. The summed E-state index contributed by atoms with van der Waals surface area (Å²) < 4.78 is 27.0. The van der Waals surface area contributed by atoms with Crippen LogP contribution in [0.2, 0.25) is 0 Å². The average Bonchev–Trinajstić information content (AvgIpc) is 1.98. The van der Waals surface area contributed by atoms with Crippen LogP contribution in [0.1, 0.15) is 13.8 Å². The standard InChI is InChI=1S/C7H12F2O3/c1-4(3-12-7(8)9)5(2)6(10)11/h4-5,7H,3H2,1-2H3,(H,10,11). The summed E-state index contributed by atoms with van der Waals surface area (Å²) in [4.78, 5) is 10.3. The van der Waals surface area contributed by atoms with Gasteiger partial charge in [-0.3, -0.25) is 4.79 Å². The topological polar surface area (TPSA) is 46.5 Å². The summed E-state index contributed by atoms with van der Waals surface area (Å²) >= 11 is 0. The third-order valence-corrected chi connectivity index (χ3v) is 1.73. The molecule has 72 valence electrons. The Balaban J connectivity index is 3.71. The van der Waals surface area contributed by atoms with Crippen molar-refractivity contribution in [2.75, 3.05) is 6.61 Å². The maximum atomic E-state index is 11.5. The van der Waals surface area contributed by atoms with E-state index in [1.54, 1.807) is 6.92 Å². The first-order valence-corrected chi connectivity index (χ1v) is 3.57. The lowest BCUT2D eigenvalue weighted by Gasteiger charge is -2.15. The molecular formula is C7H12F2O3. The number of hydrogen-bond donors (Lipinski definition) is 1. The van der Waals surface area contributed by atoms with Gasteiger partial charge >= 0.3 is 12.6 Å². The van der Waals surface area contributed by atoms with Gasteiger partial charge in [0.1, 0.15) is 0 Å². The van der Waals surface area contributed by atoms with Crippen molar-refractivity contribution in [3.05, 3.63) is 0 Å². The zero-order valence-electron chi connectivity index (χ0n) is 6.96. The SMILES string of the molecule is CC(COC(F)F)C(C)C(=O)O. The Kier molecular flexibility index (Phi) is 4.73. The highest BCUT2D eigenvalue weighted by atomic mass is 19.3. The Morgan fingerprint density at radius 1 is 1.50 bits per heavy atom. The molecule has 0 rings (SSSR count). The molecule has 0 bridgehead atoms. The first-order valence-electron chi connectivity index (χ1n) is 3.57. The van der Waals surface area contributed by atoms with E-state index in [0.717, 1.165) is 0 Å². The molecule has 0 aromatic carbocycles. The number of halogens is 2. The molecule has 0 radical (unpaired) electrons. The zero-order valence-corrected chi connectivity index (χ0v) is 6.96. The molecule has 0 saturated heterocycles. The van der Waals surface area contributed by atoms with Gasteiger partial charge in [0.2, 0.25) is 0 Å². The van der Waals surface area contributed by atoms with E-state index in [1.165, 1.54) is 6.92 Å². The first-order chi connectivity index (χ1) is 5.45. The molecule has 5 heteroatoms. The van der Waals surface area contributed by atoms with Crippen LogP contribution in [0.3, 0.4) is 0 Å². The fourth-order valence-corrected chi connectivity index (χ4v) is 0.612. The van der Waals surface area contributed by atoms with Gasteiger partial charge in [0.05, 0.1) is 12.5 Å². The number of ether oxygens (including phenoxy) is 1. The minimum Gasteiger partial charge on any atom is -0.481 e. The van der Waals surface area contributed by atoms with Crippen molar-refractivity contribution in [2.24, 2.45) is 11.8 Å². The fourth-order valence-electron chi connectivity index (χ4n) is 0.612. The van der Waals surface area contributed by atoms with E-state index in [4.69, 9.17) is 5.11 Å². The van der Waals surface area contributed by atoms with Crippen LogP contribution in [0.15, 0.2) is 0 Å². The molecule has 0 aromatic rings. The lowest BCUT2D eigenvalue weighted by Crippen LogP contribution is -2.23. The number of carbonyl (C=O) groups is 1. The zero-order chi connectivity index (χ0) is 9.72. The van der Waals surface area contributed by atoms with Gasteiger partial charge in [0.15, 0.2) is 0 Å². The molecule has 0 aliphatic rings. The molecule has 2 atom stereocenters. The molecule has 3 nitrogen and oxygen atoms in total. The maximum Gasteiger partial charge on any atom is 0.345 e. The quantitative estimate of drug-likeness (QED) is 0.702. The molecule has 2 unspecified atom stereocenters. The highest BCUT2D eigenvalue weighted by molar-refractivity contribution is 5.69. The van der Waals surface area contributed by atoms with E-state index in [0.29, 0.717) is 0 Å². The molecule has 0 aliphatic heterocycles. The van der Waals surface area contributed by atoms with Crippen LogP contribution in [-0.4, -0.2) is 24.3 Å². The van der Waals surface area contributed by atoms with Crippen molar-refractivity contribution in [3.8, 4) is 0 Å². The van der Waals surface area contributed by atoms with Crippen LogP contribution in [0.4, 0.5) is 8.78 Å². The van der Waals surface area contributed by atoms with Gasteiger partial charge in [-0.25, -0.2) is 0 Å². The highest BCUT2D eigenvalue weighted by Crippen LogP contribution is 2.12. The van der Waals surface area contributed by atoms with Gasteiger partial charge in [0.25, 0.3) is 0 Å². The van der Waals surface area contributed by atoms with Crippen LogP contribution in [0.25, 0.3) is 0 Å². The summed E-state index contributed by atoms with van der Waals surface area (Å²) in [6.45, 7) is -0.0397. The third-order valence-electron chi connectivity index (χ3n) is 1.73. The molecular weight excluding hydrogens is 170 g/mol. The van der Waals surface area contributed by atoms with Crippen LogP contribution in [0.5, 0.6) is 0 Å². The van der Waals surface area contributed by atoms with Crippen LogP contribution in [-0.2, 0) is 9.53 Å². The normalized spacial score (nSPS) is 16.1. The van der Waals surface area contributed by atoms with Gasteiger partial charge in [0, 0.05) is 0 Å². The Morgan fingerprint density at radius 3 is 2.33 bits per heavy atom. The van der Waals surface area contributed by atoms with Crippen molar-refractivity contribution < 1.29 is 23.4 Å². The van der Waals surface area contributed by atoms with E-state index >= 15 is 0 Å². The highest BCUT2D eigenvalue weighted by Gasteiger charge is 2.20. The molecule has 0 heterocycles. The number of rotatable bonds is 5. The monoisotopic (exact) mass is 182 g/mol. The summed E-state index contributed by atoms with van der Waals surface area (Å²) in [6, 6.07) is 0.